The minimum absolute atomic E-state index is 0.00298. The number of halogens is 6. The third-order valence-corrected chi connectivity index (χ3v) is 8.42. The van der Waals surface area contributed by atoms with E-state index >= 15 is 0 Å². The van der Waals surface area contributed by atoms with Crippen LogP contribution in [0.4, 0.5) is 36.8 Å². The molecule has 2 aromatic rings. The molecule has 4 rings (SSSR count). The van der Waals surface area contributed by atoms with Crippen LogP contribution in [0.25, 0.3) is 6.08 Å². The molecule has 1 aromatic heterocycles. The molecular formula is C32H37F6N5O5. The number of piperazine rings is 1. The Morgan fingerprint density at radius 3 is 2.27 bits per heavy atom. The first-order valence-electron chi connectivity index (χ1n) is 15.1. The fourth-order valence-electron chi connectivity index (χ4n) is 5.91. The normalized spacial score (nSPS) is 22.6. The topological polar surface area (TPSA) is 115 Å². The highest BCUT2D eigenvalue weighted by Crippen LogP contribution is 2.50. The van der Waals surface area contributed by atoms with Crippen molar-refractivity contribution in [1.29, 1.82) is 0 Å². The number of carbonyl (C=O) groups is 3. The first-order chi connectivity index (χ1) is 22.1. The van der Waals surface area contributed by atoms with Gasteiger partial charge in [-0.3, -0.25) is 19.5 Å². The number of rotatable bonds is 8. The van der Waals surface area contributed by atoms with Crippen LogP contribution >= 0.6 is 0 Å². The Hall–Kier alpha value is -4.34. The van der Waals surface area contributed by atoms with E-state index in [-0.39, 0.29) is 36.1 Å². The minimum atomic E-state index is -6.04. The molecule has 10 nitrogen and oxygen atoms in total. The Morgan fingerprint density at radius 1 is 1.08 bits per heavy atom. The van der Waals surface area contributed by atoms with Gasteiger partial charge in [-0.25, -0.2) is 4.79 Å². The largest absolute Gasteiger partial charge is 0.489 e. The number of carbonyl (C=O) groups excluding carboxylic acids is 3. The first-order valence-corrected chi connectivity index (χ1v) is 15.1. The zero-order valence-corrected chi connectivity index (χ0v) is 27.1. The number of amides is 4. The highest BCUT2D eigenvalue weighted by molar-refractivity contribution is 6.09. The quantitative estimate of drug-likeness (QED) is 0.294. The van der Waals surface area contributed by atoms with Crippen molar-refractivity contribution in [3.05, 3.63) is 59.4 Å². The third kappa shape index (κ3) is 6.54. The molecule has 2 aliphatic heterocycles. The summed E-state index contributed by atoms with van der Waals surface area (Å²) < 4.78 is 87.0. The lowest BCUT2D eigenvalue weighted by Gasteiger charge is -2.46. The number of aliphatic hydroxyl groups is 1. The number of hydrogen-bond donors (Lipinski definition) is 2. The third-order valence-electron chi connectivity index (χ3n) is 8.42. The summed E-state index contributed by atoms with van der Waals surface area (Å²) in [7, 11) is 0. The molecule has 2 saturated heterocycles. The van der Waals surface area contributed by atoms with Gasteiger partial charge in [-0.05, 0) is 71.4 Å². The number of anilines is 1. The second-order valence-electron chi connectivity index (χ2n) is 12.4. The van der Waals surface area contributed by atoms with E-state index in [1.165, 1.54) is 37.1 Å². The smallest absolute Gasteiger partial charge is 0.430 e. The van der Waals surface area contributed by atoms with Crippen molar-refractivity contribution in [2.24, 2.45) is 0 Å². The van der Waals surface area contributed by atoms with Crippen LogP contribution in [0, 0.1) is 0 Å². The van der Waals surface area contributed by atoms with E-state index in [4.69, 9.17) is 4.74 Å². The molecular weight excluding hydrogens is 648 g/mol. The van der Waals surface area contributed by atoms with Crippen LogP contribution in [-0.4, -0.2) is 87.9 Å². The Morgan fingerprint density at radius 2 is 1.73 bits per heavy atom. The first kappa shape index (κ1) is 36.5. The number of nitrogens with one attached hydrogen (secondary N) is 1. The number of pyridine rings is 1. The van der Waals surface area contributed by atoms with Crippen LogP contribution in [0.2, 0.25) is 0 Å². The number of imide groups is 1. The predicted octanol–water partition coefficient (Wildman–Crippen LogP) is 5.11. The number of aromatic nitrogens is 1. The van der Waals surface area contributed by atoms with Crippen LogP contribution in [0.5, 0.6) is 5.75 Å². The molecule has 3 heterocycles. The van der Waals surface area contributed by atoms with Gasteiger partial charge in [0.2, 0.25) is 5.91 Å². The summed E-state index contributed by atoms with van der Waals surface area (Å²) in [6.45, 7) is 9.70. The maximum absolute atomic E-state index is 13.6. The maximum atomic E-state index is 13.6. The van der Waals surface area contributed by atoms with Crippen molar-refractivity contribution >= 4 is 29.6 Å². The van der Waals surface area contributed by atoms with Crippen molar-refractivity contribution < 1.29 is 50.6 Å². The molecule has 0 bridgehead atoms. The lowest BCUT2D eigenvalue weighted by atomic mass is 9.89. The highest BCUT2D eigenvalue weighted by atomic mass is 19.4. The van der Waals surface area contributed by atoms with Crippen molar-refractivity contribution in [3.8, 4) is 5.75 Å². The summed E-state index contributed by atoms with van der Waals surface area (Å²) in [6, 6.07) is 3.67. The molecule has 2 aliphatic rings. The van der Waals surface area contributed by atoms with E-state index in [0.717, 1.165) is 11.0 Å². The van der Waals surface area contributed by atoms with E-state index in [2.05, 4.69) is 10.3 Å². The van der Waals surface area contributed by atoms with E-state index in [1.54, 1.807) is 30.9 Å². The summed E-state index contributed by atoms with van der Waals surface area (Å²) in [6.07, 6.45) is -7.99. The number of ether oxygens (including phenoxy) is 1. The fourth-order valence-corrected chi connectivity index (χ4v) is 5.91. The van der Waals surface area contributed by atoms with Crippen LogP contribution < -0.4 is 15.0 Å². The highest BCUT2D eigenvalue weighted by Gasteiger charge is 2.71. The van der Waals surface area contributed by atoms with E-state index < -0.39 is 65.5 Å². The van der Waals surface area contributed by atoms with Gasteiger partial charge in [0, 0.05) is 36.4 Å². The Kier molecular flexibility index (Phi) is 9.83. The molecule has 2 N–H and O–H groups in total. The van der Waals surface area contributed by atoms with Gasteiger partial charge < -0.3 is 25.0 Å². The lowest BCUT2D eigenvalue weighted by molar-refractivity contribution is -0.376. The summed E-state index contributed by atoms with van der Waals surface area (Å²) in [5, 5.41) is 12.5. The van der Waals surface area contributed by atoms with E-state index in [1.807, 2.05) is 13.8 Å². The molecule has 262 valence electrons. The Bertz CT molecular complexity index is 1560. The zero-order chi connectivity index (χ0) is 36.0. The van der Waals surface area contributed by atoms with Gasteiger partial charge >= 0.3 is 18.4 Å². The SMILES string of the molecule is CC=Cc1cc(C(O)(C(F)(F)F)C(F)(F)F)ccc1N1CC(C)N(C(=O)CN2C(=O)N[C@@](C)(c3ccc(OC(C)C)cn3)C2=O)CC1C. The standard InChI is InChI=1S/C32H37F6N5O5/c1-7-8-21-13-22(30(47,31(33,34)35)32(36,37)38)9-11-24(21)41-15-20(5)42(16-19(41)4)26(44)17-43-27(45)29(6,40-28(43)46)25-12-10-23(14-39-25)48-18(2)3/h7-14,18-20,47H,15-17H2,1-6H3,(H,40,46)/t19?,20?,29-/m0/s1. The molecule has 0 spiro atoms. The molecule has 1 aromatic carbocycles. The molecule has 3 atom stereocenters. The average Bonchev–Trinajstić information content (AvgIpc) is 3.20. The number of nitrogens with zero attached hydrogens (tertiary/aromatic N) is 4. The van der Waals surface area contributed by atoms with Crippen LogP contribution in [0.1, 0.15) is 58.4 Å². The number of allylic oxidation sites excluding steroid dienone is 1. The van der Waals surface area contributed by atoms with Gasteiger partial charge in [0.15, 0.2) is 5.54 Å². The summed E-state index contributed by atoms with van der Waals surface area (Å²) in [4.78, 5) is 48.1. The predicted molar refractivity (Wildman–Crippen MR) is 163 cm³/mol. The molecule has 2 fully saturated rings. The Balaban J connectivity index is 1.52. The monoisotopic (exact) mass is 685 g/mol. The van der Waals surface area contributed by atoms with Crippen LogP contribution in [0.3, 0.4) is 0 Å². The molecule has 0 aliphatic carbocycles. The lowest BCUT2D eigenvalue weighted by Crippen LogP contribution is -2.60. The van der Waals surface area contributed by atoms with Gasteiger partial charge in [0.25, 0.3) is 11.5 Å². The maximum Gasteiger partial charge on any atom is 0.430 e. The van der Waals surface area contributed by atoms with Crippen molar-refractivity contribution in [2.45, 2.75) is 83.2 Å². The van der Waals surface area contributed by atoms with Gasteiger partial charge in [-0.1, -0.05) is 18.2 Å². The number of alkyl halides is 6. The van der Waals surface area contributed by atoms with Crippen molar-refractivity contribution in [2.75, 3.05) is 24.5 Å². The minimum Gasteiger partial charge on any atom is -0.489 e. The van der Waals surface area contributed by atoms with Crippen molar-refractivity contribution in [1.82, 2.24) is 20.1 Å². The Labute approximate surface area is 273 Å². The molecule has 0 radical (unpaired) electrons. The number of benzene rings is 1. The summed E-state index contributed by atoms with van der Waals surface area (Å²) in [5.41, 5.74) is -7.48. The summed E-state index contributed by atoms with van der Waals surface area (Å²) >= 11 is 0. The molecule has 16 heteroatoms. The molecule has 0 saturated carbocycles. The molecule has 2 unspecified atom stereocenters. The van der Waals surface area contributed by atoms with Gasteiger partial charge in [0.05, 0.1) is 18.0 Å². The van der Waals surface area contributed by atoms with Crippen LogP contribution in [0.15, 0.2) is 42.6 Å². The molecule has 48 heavy (non-hydrogen) atoms. The van der Waals surface area contributed by atoms with Crippen molar-refractivity contribution in [3.63, 3.8) is 0 Å². The fraction of sp³-hybridized carbons (Fsp3) is 0.500. The average molecular weight is 686 g/mol. The van der Waals surface area contributed by atoms with Crippen LogP contribution in [-0.2, 0) is 20.7 Å². The van der Waals surface area contributed by atoms with E-state index in [9.17, 15) is 45.8 Å². The molecule has 4 amide bonds. The number of hydrogen-bond acceptors (Lipinski definition) is 7. The van der Waals surface area contributed by atoms with E-state index in [0.29, 0.717) is 17.9 Å². The number of urea groups is 1. The second-order valence-corrected chi connectivity index (χ2v) is 12.4. The van der Waals surface area contributed by atoms with Gasteiger partial charge in [-0.15, -0.1) is 0 Å². The second kappa shape index (κ2) is 12.9. The zero-order valence-electron chi connectivity index (χ0n) is 27.1. The van der Waals surface area contributed by atoms with Gasteiger partial charge in [-0.2, -0.15) is 26.3 Å². The van der Waals surface area contributed by atoms with Gasteiger partial charge in [0.1, 0.15) is 12.3 Å². The summed E-state index contributed by atoms with van der Waals surface area (Å²) in [5.74, 6) is -0.750.